The highest BCUT2D eigenvalue weighted by Crippen LogP contribution is 2.15. The number of halogens is 2. The highest BCUT2D eigenvalue weighted by atomic mass is 19.1. The minimum Gasteiger partial charge on any atom is -0.454 e. The lowest BCUT2D eigenvalue weighted by molar-refractivity contribution is 0.0473. The summed E-state index contributed by atoms with van der Waals surface area (Å²) in [5.74, 6) is -3.08. The number of rotatable bonds is 4. The lowest BCUT2D eigenvalue weighted by atomic mass is 10.1. The normalized spacial score (nSPS) is 10.6. The quantitative estimate of drug-likeness (QED) is 0.644. The van der Waals surface area contributed by atoms with E-state index in [0.717, 1.165) is 23.5 Å². The van der Waals surface area contributed by atoms with E-state index >= 15 is 0 Å². The van der Waals surface area contributed by atoms with Crippen molar-refractivity contribution in [3.8, 4) is 0 Å². The summed E-state index contributed by atoms with van der Waals surface area (Å²) in [5, 5.41) is 0. The summed E-state index contributed by atoms with van der Waals surface area (Å²) in [4.78, 5) is 23.8. The molecular formula is C16H15F2NO3. The number of ether oxygens (including phenoxy) is 1. The topological polar surface area (TPSA) is 48.3 Å². The molecule has 1 heterocycles. The average molecular weight is 307 g/mol. The van der Waals surface area contributed by atoms with E-state index in [1.54, 1.807) is 13.0 Å². The monoisotopic (exact) mass is 307 g/mol. The van der Waals surface area contributed by atoms with Gasteiger partial charge in [-0.25, -0.2) is 13.6 Å². The maximum atomic E-state index is 13.0. The summed E-state index contributed by atoms with van der Waals surface area (Å²) in [5.41, 5.74) is 1.85. The van der Waals surface area contributed by atoms with Crippen molar-refractivity contribution in [1.29, 1.82) is 0 Å². The van der Waals surface area contributed by atoms with Crippen LogP contribution in [0.5, 0.6) is 0 Å². The lowest BCUT2D eigenvalue weighted by Crippen LogP contribution is -2.15. The van der Waals surface area contributed by atoms with Gasteiger partial charge in [-0.2, -0.15) is 0 Å². The first-order chi connectivity index (χ1) is 10.3. The molecule has 4 nitrogen and oxygen atoms in total. The standard InChI is InChI=1S/C16H15F2NO3/c1-9-4-14(10(2)19(9)3)15(20)8-22-16(21)11-5-12(17)7-13(18)6-11/h4-7H,8H2,1-3H3. The Balaban J connectivity index is 2.07. The largest absolute Gasteiger partial charge is 0.454 e. The van der Waals surface area contributed by atoms with Gasteiger partial charge in [-0.15, -0.1) is 0 Å². The molecule has 6 heteroatoms. The summed E-state index contributed by atoms with van der Waals surface area (Å²) >= 11 is 0. The van der Waals surface area contributed by atoms with Crippen LogP contribution in [0.1, 0.15) is 32.1 Å². The van der Waals surface area contributed by atoms with Crippen LogP contribution in [0.2, 0.25) is 0 Å². The van der Waals surface area contributed by atoms with Gasteiger partial charge in [0.25, 0.3) is 0 Å². The van der Waals surface area contributed by atoms with E-state index in [0.29, 0.717) is 11.6 Å². The van der Waals surface area contributed by atoms with E-state index in [4.69, 9.17) is 4.74 Å². The van der Waals surface area contributed by atoms with Crippen molar-refractivity contribution < 1.29 is 23.1 Å². The first kappa shape index (κ1) is 15.9. The molecule has 0 aliphatic rings. The van der Waals surface area contributed by atoms with Crippen LogP contribution >= 0.6 is 0 Å². The molecule has 2 rings (SSSR count). The molecule has 0 radical (unpaired) electrons. The van der Waals surface area contributed by atoms with E-state index in [2.05, 4.69) is 0 Å². The lowest BCUT2D eigenvalue weighted by Gasteiger charge is -2.05. The SMILES string of the molecule is Cc1cc(C(=O)COC(=O)c2cc(F)cc(F)c2)c(C)n1C. The summed E-state index contributed by atoms with van der Waals surface area (Å²) in [7, 11) is 1.82. The van der Waals surface area contributed by atoms with Crippen molar-refractivity contribution in [2.24, 2.45) is 7.05 Å². The third-order valence-corrected chi connectivity index (χ3v) is 3.51. The van der Waals surface area contributed by atoms with E-state index < -0.39 is 24.2 Å². The molecule has 0 aliphatic heterocycles. The van der Waals surface area contributed by atoms with Crippen molar-refractivity contribution in [1.82, 2.24) is 4.57 Å². The zero-order chi connectivity index (χ0) is 16.4. The van der Waals surface area contributed by atoms with Crippen molar-refractivity contribution in [2.45, 2.75) is 13.8 Å². The Morgan fingerprint density at radius 1 is 1.09 bits per heavy atom. The molecule has 22 heavy (non-hydrogen) atoms. The predicted molar refractivity (Wildman–Crippen MR) is 75.9 cm³/mol. The molecule has 0 saturated heterocycles. The summed E-state index contributed by atoms with van der Waals surface area (Å²) in [6.45, 7) is 3.15. The molecule has 0 bridgehead atoms. The molecule has 116 valence electrons. The smallest absolute Gasteiger partial charge is 0.338 e. The molecule has 0 aliphatic carbocycles. The number of ketones is 1. The number of aryl methyl sites for hydroxylation is 1. The Hall–Kier alpha value is -2.50. The fourth-order valence-electron chi connectivity index (χ4n) is 2.10. The van der Waals surface area contributed by atoms with Crippen LogP contribution in [0.15, 0.2) is 24.3 Å². The Bertz CT molecular complexity index is 730. The second-order valence-corrected chi connectivity index (χ2v) is 5.00. The molecule has 0 amide bonds. The molecule has 0 saturated carbocycles. The van der Waals surface area contributed by atoms with E-state index in [-0.39, 0.29) is 11.3 Å². The number of Topliss-reactive ketones (excluding diaryl/α,β-unsaturated/α-hetero) is 1. The molecule has 1 aromatic heterocycles. The highest BCUT2D eigenvalue weighted by Gasteiger charge is 2.17. The molecule has 1 aromatic carbocycles. The van der Waals surface area contributed by atoms with Gasteiger partial charge in [-0.1, -0.05) is 0 Å². The van der Waals surface area contributed by atoms with E-state index in [1.165, 1.54) is 0 Å². The first-order valence-corrected chi connectivity index (χ1v) is 6.59. The Morgan fingerprint density at radius 3 is 2.18 bits per heavy atom. The number of benzene rings is 1. The number of nitrogens with zero attached hydrogens (tertiary/aromatic N) is 1. The van der Waals surface area contributed by atoms with Crippen LogP contribution in [0.25, 0.3) is 0 Å². The molecule has 0 N–H and O–H groups in total. The fraction of sp³-hybridized carbons (Fsp3) is 0.250. The minimum absolute atomic E-state index is 0.272. The summed E-state index contributed by atoms with van der Waals surface area (Å²) in [6.07, 6.45) is 0. The number of carbonyl (C=O) groups is 2. The Morgan fingerprint density at radius 2 is 1.68 bits per heavy atom. The molecular weight excluding hydrogens is 292 g/mol. The summed E-state index contributed by atoms with van der Waals surface area (Å²) < 4.78 is 32.7. The molecule has 0 unspecified atom stereocenters. The molecule has 0 spiro atoms. The van der Waals surface area contributed by atoms with Crippen LogP contribution in [0.4, 0.5) is 8.78 Å². The van der Waals surface area contributed by atoms with Crippen molar-refractivity contribution in [3.63, 3.8) is 0 Å². The van der Waals surface area contributed by atoms with Gasteiger partial charge in [0, 0.05) is 30.1 Å². The number of aromatic nitrogens is 1. The number of esters is 1. The van der Waals surface area contributed by atoms with Gasteiger partial charge >= 0.3 is 5.97 Å². The van der Waals surface area contributed by atoms with Crippen LogP contribution in [0, 0.1) is 25.5 Å². The Kier molecular flexibility index (Phi) is 4.40. The fourth-order valence-corrected chi connectivity index (χ4v) is 2.10. The van der Waals surface area contributed by atoms with Gasteiger partial charge in [0.2, 0.25) is 5.78 Å². The zero-order valence-corrected chi connectivity index (χ0v) is 12.4. The highest BCUT2D eigenvalue weighted by molar-refractivity contribution is 6.00. The number of hydrogen-bond acceptors (Lipinski definition) is 3. The third kappa shape index (κ3) is 3.21. The second kappa shape index (κ2) is 6.09. The average Bonchev–Trinajstić information content (AvgIpc) is 2.71. The number of hydrogen-bond donors (Lipinski definition) is 0. The van der Waals surface area contributed by atoms with Gasteiger partial charge in [-0.3, -0.25) is 4.79 Å². The van der Waals surface area contributed by atoms with Gasteiger partial charge in [0.15, 0.2) is 6.61 Å². The van der Waals surface area contributed by atoms with Crippen LogP contribution in [0.3, 0.4) is 0 Å². The van der Waals surface area contributed by atoms with Gasteiger partial charge < -0.3 is 9.30 Å². The summed E-state index contributed by atoms with van der Waals surface area (Å²) in [6, 6.07) is 4.06. The molecule has 2 aromatic rings. The predicted octanol–water partition coefficient (Wildman–Crippen LogP) is 2.96. The minimum atomic E-state index is -0.947. The molecule has 0 atom stereocenters. The Labute approximate surface area is 126 Å². The number of carbonyl (C=O) groups excluding carboxylic acids is 2. The van der Waals surface area contributed by atoms with Crippen LogP contribution in [-0.4, -0.2) is 22.9 Å². The third-order valence-electron chi connectivity index (χ3n) is 3.51. The maximum Gasteiger partial charge on any atom is 0.338 e. The second-order valence-electron chi connectivity index (χ2n) is 5.00. The first-order valence-electron chi connectivity index (χ1n) is 6.59. The van der Waals surface area contributed by atoms with Crippen LogP contribution in [-0.2, 0) is 11.8 Å². The van der Waals surface area contributed by atoms with Crippen LogP contribution < -0.4 is 0 Å². The maximum absolute atomic E-state index is 13.0. The zero-order valence-electron chi connectivity index (χ0n) is 12.4. The van der Waals surface area contributed by atoms with Gasteiger partial charge in [-0.05, 0) is 32.0 Å². The van der Waals surface area contributed by atoms with E-state index in [9.17, 15) is 18.4 Å². The van der Waals surface area contributed by atoms with Crippen molar-refractivity contribution in [2.75, 3.05) is 6.61 Å². The van der Waals surface area contributed by atoms with E-state index in [1.807, 2.05) is 18.5 Å². The van der Waals surface area contributed by atoms with Gasteiger partial charge in [0.1, 0.15) is 11.6 Å². The van der Waals surface area contributed by atoms with Gasteiger partial charge in [0.05, 0.1) is 5.56 Å². The van der Waals surface area contributed by atoms with Crippen molar-refractivity contribution >= 4 is 11.8 Å². The van der Waals surface area contributed by atoms with Crippen molar-refractivity contribution in [3.05, 3.63) is 58.4 Å². The molecule has 0 fully saturated rings.